The largest absolute Gasteiger partial charge is 0.378 e. The van der Waals surface area contributed by atoms with Gasteiger partial charge in [-0.15, -0.1) is 0 Å². The molecule has 2 fully saturated rings. The summed E-state index contributed by atoms with van der Waals surface area (Å²) in [6.07, 6.45) is 8.71. The van der Waals surface area contributed by atoms with E-state index in [2.05, 4.69) is 17.6 Å². The molecule has 2 aliphatic rings. The predicted molar refractivity (Wildman–Crippen MR) is 85.2 cm³/mol. The first-order valence-corrected chi connectivity index (χ1v) is 8.73. The molecule has 0 aromatic heterocycles. The van der Waals surface area contributed by atoms with E-state index in [0.717, 1.165) is 19.6 Å². The van der Waals surface area contributed by atoms with Crippen LogP contribution in [0.2, 0.25) is 0 Å². The second kappa shape index (κ2) is 7.59. The number of rotatable bonds is 7. The number of amides is 1. The standard InChI is InChI=1S/C17H32N2O2/c1-4-21-15-12-14(17(15)9-6-5-7-10-17)18-11-8-16(20)19-13(2)3/h13-15,18H,4-12H2,1-3H3,(H,19,20). The zero-order valence-corrected chi connectivity index (χ0v) is 13.9. The molecule has 4 nitrogen and oxygen atoms in total. The Bertz CT molecular complexity index is 338. The monoisotopic (exact) mass is 296 g/mol. The molecule has 21 heavy (non-hydrogen) atoms. The molecule has 2 rings (SSSR count). The Hall–Kier alpha value is -0.610. The van der Waals surface area contributed by atoms with E-state index in [1.54, 1.807) is 0 Å². The minimum Gasteiger partial charge on any atom is -0.378 e. The van der Waals surface area contributed by atoms with Crippen LogP contribution in [0.4, 0.5) is 0 Å². The van der Waals surface area contributed by atoms with Gasteiger partial charge in [-0.3, -0.25) is 4.79 Å². The summed E-state index contributed by atoms with van der Waals surface area (Å²) < 4.78 is 5.96. The molecule has 0 aliphatic heterocycles. The van der Waals surface area contributed by atoms with E-state index < -0.39 is 0 Å². The van der Waals surface area contributed by atoms with Crippen molar-refractivity contribution in [3.05, 3.63) is 0 Å². The van der Waals surface area contributed by atoms with E-state index in [1.807, 2.05) is 13.8 Å². The Labute approximate surface area is 129 Å². The van der Waals surface area contributed by atoms with Crippen molar-refractivity contribution in [1.29, 1.82) is 0 Å². The predicted octanol–water partition coefficient (Wildman–Crippen LogP) is 2.62. The van der Waals surface area contributed by atoms with Gasteiger partial charge in [0, 0.05) is 37.1 Å². The van der Waals surface area contributed by atoms with Crippen LogP contribution in [0.25, 0.3) is 0 Å². The van der Waals surface area contributed by atoms with Crippen molar-refractivity contribution in [2.45, 2.75) is 83.9 Å². The number of carbonyl (C=O) groups is 1. The molecule has 2 N–H and O–H groups in total. The molecule has 1 amide bonds. The summed E-state index contributed by atoms with van der Waals surface area (Å²) in [7, 11) is 0. The highest BCUT2D eigenvalue weighted by molar-refractivity contribution is 5.76. The first-order valence-electron chi connectivity index (χ1n) is 8.73. The lowest BCUT2D eigenvalue weighted by molar-refractivity contribution is -0.150. The number of hydrogen-bond donors (Lipinski definition) is 2. The summed E-state index contributed by atoms with van der Waals surface area (Å²) >= 11 is 0. The highest BCUT2D eigenvalue weighted by Gasteiger charge is 2.55. The molecule has 0 aromatic rings. The van der Waals surface area contributed by atoms with Crippen LogP contribution in [0.15, 0.2) is 0 Å². The fourth-order valence-electron chi connectivity index (χ4n) is 4.10. The molecule has 2 atom stereocenters. The lowest BCUT2D eigenvalue weighted by atomic mass is 9.55. The Balaban J connectivity index is 1.79. The van der Waals surface area contributed by atoms with Gasteiger partial charge in [-0.25, -0.2) is 0 Å². The average molecular weight is 296 g/mol. The first-order chi connectivity index (χ1) is 10.1. The summed E-state index contributed by atoms with van der Waals surface area (Å²) in [6, 6.07) is 0.773. The van der Waals surface area contributed by atoms with Gasteiger partial charge in [0.1, 0.15) is 0 Å². The molecule has 1 spiro atoms. The van der Waals surface area contributed by atoms with Crippen molar-refractivity contribution in [3.63, 3.8) is 0 Å². The molecule has 0 radical (unpaired) electrons. The Morgan fingerprint density at radius 1 is 1.29 bits per heavy atom. The van der Waals surface area contributed by atoms with Crippen molar-refractivity contribution in [3.8, 4) is 0 Å². The molecule has 122 valence electrons. The van der Waals surface area contributed by atoms with E-state index in [9.17, 15) is 4.79 Å². The highest BCUT2D eigenvalue weighted by atomic mass is 16.5. The van der Waals surface area contributed by atoms with Crippen molar-refractivity contribution in [1.82, 2.24) is 10.6 Å². The van der Waals surface area contributed by atoms with Gasteiger partial charge in [-0.2, -0.15) is 0 Å². The number of nitrogens with one attached hydrogen (secondary N) is 2. The van der Waals surface area contributed by atoms with Gasteiger partial charge in [0.15, 0.2) is 0 Å². The fourth-order valence-corrected chi connectivity index (χ4v) is 4.10. The molecule has 0 bridgehead atoms. The minimum absolute atomic E-state index is 0.149. The molecular weight excluding hydrogens is 264 g/mol. The molecule has 2 unspecified atom stereocenters. The first kappa shape index (κ1) is 16.8. The van der Waals surface area contributed by atoms with Crippen LogP contribution in [0.5, 0.6) is 0 Å². The van der Waals surface area contributed by atoms with Crippen LogP contribution < -0.4 is 10.6 Å². The van der Waals surface area contributed by atoms with Crippen molar-refractivity contribution >= 4 is 5.91 Å². The van der Waals surface area contributed by atoms with E-state index in [-0.39, 0.29) is 11.9 Å². The zero-order valence-electron chi connectivity index (χ0n) is 13.9. The number of hydrogen-bond acceptors (Lipinski definition) is 3. The number of ether oxygens (including phenoxy) is 1. The second-order valence-corrected chi connectivity index (χ2v) is 6.95. The summed E-state index contributed by atoms with van der Waals surface area (Å²) in [5, 5.41) is 6.58. The molecule has 2 saturated carbocycles. The van der Waals surface area contributed by atoms with Gasteiger partial charge in [0.2, 0.25) is 5.91 Å². The summed E-state index contributed by atoms with van der Waals surface area (Å²) in [5.74, 6) is 0.149. The van der Waals surface area contributed by atoms with Gasteiger partial charge in [-0.05, 0) is 40.0 Å². The average Bonchev–Trinajstić information content (AvgIpc) is 2.45. The zero-order chi connectivity index (χ0) is 15.3. The van der Waals surface area contributed by atoms with Crippen molar-refractivity contribution < 1.29 is 9.53 Å². The van der Waals surface area contributed by atoms with E-state index >= 15 is 0 Å². The van der Waals surface area contributed by atoms with E-state index in [0.29, 0.717) is 24.0 Å². The Kier molecular flexibility index (Phi) is 6.06. The smallest absolute Gasteiger partial charge is 0.221 e. The summed E-state index contributed by atoms with van der Waals surface area (Å²) in [4.78, 5) is 11.7. The SMILES string of the molecule is CCOC1CC(NCCC(=O)NC(C)C)C12CCCCC2. The van der Waals surface area contributed by atoms with Crippen LogP contribution in [-0.2, 0) is 9.53 Å². The molecule has 0 heterocycles. The van der Waals surface area contributed by atoms with E-state index in [4.69, 9.17) is 4.74 Å². The second-order valence-electron chi connectivity index (χ2n) is 6.95. The van der Waals surface area contributed by atoms with Crippen LogP contribution in [0.3, 0.4) is 0 Å². The van der Waals surface area contributed by atoms with Gasteiger partial charge in [0.25, 0.3) is 0 Å². The highest BCUT2D eigenvalue weighted by Crippen LogP contribution is 2.53. The third-order valence-corrected chi connectivity index (χ3v) is 5.13. The van der Waals surface area contributed by atoms with Crippen molar-refractivity contribution in [2.75, 3.05) is 13.2 Å². The maximum atomic E-state index is 11.7. The molecule has 4 heteroatoms. The van der Waals surface area contributed by atoms with Gasteiger partial charge in [-0.1, -0.05) is 19.3 Å². The quantitative estimate of drug-likeness (QED) is 0.759. The van der Waals surface area contributed by atoms with Crippen LogP contribution in [0.1, 0.15) is 65.7 Å². The van der Waals surface area contributed by atoms with Crippen LogP contribution >= 0.6 is 0 Å². The molecule has 2 aliphatic carbocycles. The summed E-state index contributed by atoms with van der Waals surface area (Å²) in [6.45, 7) is 7.69. The maximum Gasteiger partial charge on any atom is 0.221 e. The van der Waals surface area contributed by atoms with Gasteiger partial charge < -0.3 is 15.4 Å². The van der Waals surface area contributed by atoms with Crippen LogP contribution in [-0.4, -0.2) is 37.2 Å². The molecule has 0 saturated heterocycles. The summed E-state index contributed by atoms with van der Waals surface area (Å²) in [5.41, 5.74) is 0.350. The minimum atomic E-state index is 0.149. The Morgan fingerprint density at radius 2 is 2.00 bits per heavy atom. The topological polar surface area (TPSA) is 50.4 Å². The fraction of sp³-hybridized carbons (Fsp3) is 0.941. The number of carbonyl (C=O) groups excluding carboxylic acids is 1. The third-order valence-electron chi connectivity index (χ3n) is 5.13. The van der Waals surface area contributed by atoms with Gasteiger partial charge >= 0.3 is 0 Å². The molecular formula is C17H32N2O2. The van der Waals surface area contributed by atoms with Gasteiger partial charge in [0.05, 0.1) is 6.10 Å². The van der Waals surface area contributed by atoms with Crippen molar-refractivity contribution in [2.24, 2.45) is 5.41 Å². The lowest BCUT2D eigenvalue weighted by Crippen LogP contribution is -2.64. The van der Waals surface area contributed by atoms with E-state index in [1.165, 1.54) is 32.1 Å². The third kappa shape index (κ3) is 3.98. The Morgan fingerprint density at radius 3 is 2.62 bits per heavy atom. The molecule has 0 aromatic carbocycles. The lowest BCUT2D eigenvalue weighted by Gasteiger charge is -2.58. The normalized spacial score (nSPS) is 27.6. The van der Waals surface area contributed by atoms with Crippen LogP contribution in [0, 0.1) is 5.41 Å². The maximum absolute atomic E-state index is 11.7.